The highest BCUT2D eigenvalue weighted by Gasteiger charge is 2.49. The summed E-state index contributed by atoms with van der Waals surface area (Å²) in [6, 6.07) is 9.55. The third kappa shape index (κ3) is 3.46. The van der Waals surface area contributed by atoms with E-state index in [0.29, 0.717) is 6.42 Å². The molecule has 21 heavy (non-hydrogen) atoms. The zero-order chi connectivity index (χ0) is 15.9. The van der Waals surface area contributed by atoms with Gasteiger partial charge in [-0.2, -0.15) is 0 Å². The minimum atomic E-state index is -3.13. The van der Waals surface area contributed by atoms with Crippen molar-refractivity contribution in [2.24, 2.45) is 0 Å². The first-order valence-electron chi connectivity index (χ1n) is 7.11. The van der Waals surface area contributed by atoms with Crippen LogP contribution in [0.25, 0.3) is 0 Å². The van der Waals surface area contributed by atoms with Gasteiger partial charge in [0.2, 0.25) is 5.91 Å². The van der Waals surface area contributed by atoms with Crippen molar-refractivity contribution >= 4 is 15.7 Å². The Morgan fingerprint density at radius 2 is 1.52 bits per heavy atom. The number of nitrogens with zero attached hydrogens (tertiary/aromatic N) is 1. The number of benzene rings is 1. The normalized spacial score (nSPS) is 22.8. The summed E-state index contributed by atoms with van der Waals surface area (Å²) in [4.78, 5) is 14.5. The Morgan fingerprint density at radius 3 is 2.00 bits per heavy atom. The average molecular weight is 309 g/mol. The topological polar surface area (TPSA) is 54.5 Å². The largest absolute Gasteiger partial charge is 0.330 e. The molecule has 1 fully saturated rings. The van der Waals surface area contributed by atoms with Crippen molar-refractivity contribution in [1.82, 2.24) is 4.90 Å². The third-order valence-electron chi connectivity index (χ3n) is 3.80. The van der Waals surface area contributed by atoms with Gasteiger partial charge < -0.3 is 4.90 Å². The van der Waals surface area contributed by atoms with E-state index in [2.05, 4.69) is 0 Å². The molecule has 1 aromatic carbocycles. The molecule has 0 unspecified atom stereocenters. The second-order valence-electron chi connectivity index (χ2n) is 7.05. The molecule has 5 heteroatoms. The number of amides is 1. The summed E-state index contributed by atoms with van der Waals surface area (Å²) in [5.41, 5.74) is -0.429. The highest BCUT2D eigenvalue weighted by molar-refractivity contribution is 7.91. The second-order valence-corrected chi connectivity index (χ2v) is 9.11. The number of hydrogen-bond acceptors (Lipinski definition) is 3. The molecule has 4 nitrogen and oxygen atoms in total. The fourth-order valence-corrected chi connectivity index (χ4v) is 6.11. The summed E-state index contributed by atoms with van der Waals surface area (Å²) in [7, 11) is -3.13. The van der Waals surface area contributed by atoms with Crippen molar-refractivity contribution in [1.29, 1.82) is 0 Å². The molecule has 0 spiro atoms. The number of sulfone groups is 1. The van der Waals surface area contributed by atoms with Gasteiger partial charge in [0.05, 0.1) is 29.0 Å². The van der Waals surface area contributed by atoms with Gasteiger partial charge in [-0.1, -0.05) is 30.3 Å². The zero-order valence-electron chi connectivity index (χ0n) is 13.1. The van der Waals surface area contributed by atoms with Crippen molar-refractivity contribution < 1.29 is 13.2 Å². The van der Waals surface area contributed by atoms with Crippen molar-refractivity contribution in [2.75, 3.05) is 11.5 Å². The molecule has 0 saturated carbocycles. The molecule has 116 valence electrons. The van der Waals surface area contributed by atoms with Gasteiger partial charge in [-0.15, -0.1) is 0 Å². The summed E-state index contributed by atoms with van der Waals surface area (Å²) >= 11 is 0. The second kappa shape index (κ2) is 5.13. The molecule has 0 aromatic heterocycles. The van der Waals surface area contributed by atoms with E-state index in [9.17, 15) is 13.2 Å². The van der Waals surface area contributed by atoms with Crippen LogP contribution in [0.15, 0.2) is 30.3 Å². The van der Waals surface area contributed by atoms with Gasteiger partial charge in [0.15, 0.2) is 9.84 Å². The van der Waals surface area contributed by atoms with Crippen LogP contribution in [0.3, 0.4) is 0 Å². The fourth-order valence-electron chi connectivity index (χ4n) is 3.60. The maximum Gasteiger partial charge on any atom is 0.227 e. The molecule has 1 heterocycles. The molecular formula is C16H23NO3S. The first kappa shape index (κ1) is 16.0. The quantitative estimate of drug-likeness (QED) is 0.840. The Kier molecular flexibility index (Phi) is 3.91. The lowest BCUT2D eigenvalue weighted by Crippen LogP contribution is -2.67. The van der Waals surface area contributed by atoms with Crippen LogP contribution in [-0.4, -0.2) is 41.8 Å². The average Bonchev–Trinajstić information content (AvgIpc) is 2.23. The lowest BCUT2D eigenvalue weighted by atomic mass is 9.93. The summed E-state index contributed by atoms with van der Waals surface area (Å²) in [6.45, 7) is 7.31. The van der Waals surface area contributed by atoms with Crippen LogP contribution in [0.2, 0.25) is 0 Å². The highest BCUT2D eigenvalue weighted by Crippen LogP contribution is 2.34. The maximum absolute atomic E-state index is 12.7. The number of carbonyl (C=O) groups is 1. The SMILES string of the molecule is CC1(C)CS(=O)(=O)CC(C)(C)N1C(=O)Cc1ccccc1. The highest BCUT2D eigenvalue weighted by atomic mass is 32.2. The standard InChI is InChI=1S/C16H23NO3S/c1-15(2)11-21(19,20)12-16(3,4)17(15)14(18)10-13-8-6-5-7-9-13/h5-9H,10-12H2,1-4H3. The Balaban J connectivity index is 2.30. The van der Waals surface area contributed by atoms with Gasteiger partial charge in [-0.05, 0) is 33.3 Å². The van der Waals surface area contributed by atoms with Crippen LogP contribution in [-0.2, 0) is 21.1 Å². The monoisotopic (exact) mass is 309 g/mol. The van der Waals surface area contributed by atoms with Crippen LogP contribution < -0.4 is 0 Å². The predicted octanol–water partition coefficient (Wildman–Crippen LogP) is 2.04. The van der Waals surface area contributed by atoms with Gasteiger partial charge in [0.1, 0.15) is 0 Å². The Morgan fingerprint density at radius 1 is 1.05 bits per heavy atom. The molecule has 0 aliphatic carbocycles. The van der Waals surface area contributed by atoms with Gasteiger partial charge in [-0.3, -0.25) is 4.79 Å². The van der Waals surface area contributed by atoms with Gasteiger partial charge in [0.25, 0.3) is 0 Å². The summed E-state index contributed by atoms with van der Waals surface area (Å²) in [6.07, 6.45) is 0.299. The summed E-state index contributed by atoms with van der Waals surface area (Å²) in [5.74, 6) is 0.0135. The zero-order valence-corrected chi connectivity index (χ0v) is 13.9. The molecule has 2 rings (SSSR count). The summed E-state index contributed by atoms with van der Waals surface area (Å²) in [5, 5.41) is 0. The predicted molar refractivity (Wildman–Crippen MR) is 83.8 cm³/mol. The van der Waals surface area contributed by atoms with Crippen LogP contribution in [0.1, 0.15) is 33.3 Å². The molecule has 1 amide bonds. The number of carbonyl (C=O) groups excluding carboxylic acids is 1. The van der Waals surface area contributed by atoms with E-state index in [1.807, 2.05) is 58.0 Å². The molecule has 0 N–H and O–H groups in total. The Bertz CT molecular complexity index is 609. The van der Waals surface area contributed by atoms with Crippen LogP contribution in [0.4, 0.5) is 0 Å². The van der Waals surface area contributed by atoms with E-state index in [-0.39, 0.29) is 17.4 Å². The van der Waals surface area contributed by atoms with E-state index >= 15 is 0 Å². The molecule has 1 aliphatic heterocycles. The molecule has 0 atom stereocenters. The first-order chi connectivity index (χ1) is 9.54. The fraction of sp³-hybridized carbons (Fsp3) is 0.562. The molecule has 0 radical (unpaired) electrons. The third-order valence-corrected chi connectivity index (χ3v) is 6.10. The molecular weight excluding hydrogens is 286 g/mol. The Labute approximate surface area is 127 Å². The summed E-state index contributed by atoms with van der Waals surface area (Å²) < 4.78 is 24.1. The molecule has 1 saturated heterocycles. The van der Waals surface area contributed by atoms with Crippen molar-refractivity contribution in [3.8, 4) is 0 Å². The maximum atomic E-state index is 12.7. The van der Waals surface area contributed by atoms with Crippen molar-refractivity contribution in [3.05, 3.63) is 35.9 Å². The smallest absolute Gasteiger partial charge is 0.227 e. The molecule has 0 bridgehead atoms. The molecule has 1 aliphatic rings. The van der Waals surface area contributed by atoms with E-state index in [0.717, 1.165) is 5.56 Å². The van der Waals surface area contributed by atoms with Crippen molar-refractivity contribution in [3.63, 3.8) is 0 Å². The van der Waals surface area contributed by atoms with E-state index in [1.165, 1.54) is 0 Å². The number of rotatable bonds is 2. The van der Waals surface area contributed by atoms with E-state index in [1.54, 1.807) is 4.90 Å². The van der Waals surface area contributed by atoms with E-state index < -0.39 is 20.9 Å². The lowest BCUT2D eigenvalue weighted by Gasteiger charge is -2.52. The van der Waals surface area contributed by atoms with Crippen LogP contribution in [0.5, 0.6) is 0 Å². The van der Waals surface area contributed by atoms with Gasteiger partial charge in [-0.25, -0.2) is 8.42 Å². The number of hydrogen-bond donors (Lipinski definition) is 0. The minimum absolute atomic E-state index is 0.0178. The van der Waals surface area contributed by atoms with Gasteiger partial charge >= 0.3 is 0 Å². The van der Waals surface area contributed by atoms with E-state index in [4.69, 9.17) is 0 Å². The molecule has 1 aromatic rings. The van der Waals surface area contributed by atoms with Crippen LogP contribution >= 0.6 is 0 Å². The van der Waals surface area contributed by atoms with Crippen molar-refractivity contribution in [2.45, 2.75) is 45.2 Å². The first-order valence-corrected chi connectivity index (χ1v) is 8.93. The lowest BCUT2D eigenvalue weighted by molar-refractivity contribution is -0.142. The minimum Gasteiger partial charge on any atom is -0.330 e. The Hall–Kier alpha value is -1.36. The van der Waals surface area contributed by atoms with Crippen LogP contribution in [0, 0.1) is 0 Å². The van der Waals surface area contributed by atoms with Gasteiger partial charge in [0, 0.05) is 0 Å².